The Labute approximate surface area is 153 Å². The van der Waals surface area contributed by atoms with Gasteiger partial charge < -0.3 is 4.74 Å². The lowest BCUT2D eigenvalue weighted by molar-refractivity contribution is 0.254. The summed E-state index contributed by atoms with van der Waals surface area (Å²) in [6.07, 6.45) is 12.1. The summed E-state index contributed by atoms with van der Waals surface area (Å²) < 4.78 is 6.01. The van der Waals surface area contributed by atoms with Gasteiger partial charge in [-0.15, -0.1) is 0 Å². The van der Waals surface area contributed by atoms with Gasteiger partial charge in [-0.2, -0.15) is 0 Å². The molecule has 1 saturated carbocycles. The van der Waals surface area contributed by atoms with Crippen LogP contribution in [0.3, 0.4) is 0 Å². The second kappa shape index (κ2) is 9.65. The monoisotopic (exact) mass is 336 g/mol. The van der Waals surface area contributed by atoms with Crippen molar-refractivity contribution in [3.05, 3.63) is 65.2 Å². The van der Waals surface area contributed by atoms with E-state index in [4.69, 9.17) is 4.74 Å². The van der Waals surface area contributed by atoms with E-state index in [1.54, 1.807) is 0 Å². The van der Waals surface area contributed by atoms with Gasteiger partial charge in [0, 0.05) is 0 Å². The number of rotatable bonds is 6. The molecule has 1 nitrogen and oxygen atoms in total. The Morgan fingerprint density at radius 2 is 1.56 bits per heavy atom. The van der Waals surface area contributed by atoms with Crippen LogP contribution in [-0.2, 0) is 6.42 Å². The normalized spacial score (nSPS) is 16.2. The third-order valence-electron chi connectivity index (χ3n) is 5.43. The average molecular weight is 337 g/mol. The van der Waals surface area contributed by atoms with E-state index in [-0.39, 0.29) is 0 Å². The molecule has 0 aromatic heterocycles. The molecule has 0 bridgehead atoms. The summed E-state index contributed by atoms with van der Waals surface area (Å²) in [6, 6.07) is 17.4. The maximum Gasteiger partial charge on any atom is 0.119 e. The Morgan fingerprint density at radius 1 is 0.840 bits per heavy atom. The molecule has 0 spiro atoms. The molecule has 0 aliphatic heterocycles. The van der Waals surface area contributed by atoms with Crippen LogP contribution in [0.25, 0.3) is 0 Å². The Hall–Kier alpha value is -1.76. The van der Waals surface area contributed by atoms with Crippen LogP contribution in [0, 0.1) is 12.8 Å². The second-order valence-electron chi connectivity index (χ2n) is 7.66. The fraction of sp³-hybridized carbons (Fsp3) is 0.500. The van der Waals surface area contributed by atoms with Crippen molar-refractivity contribution in [1.29, 1.82) is 0 Å². The van der Waals surface area contributed by atoms with E-state index >= 15 is 0 Å². The minimum absolute atomic E-state index is 0.863. The average Bonchev–Trinajstić information content (AvgIpc) is 2.58. The molecule has 0 heterocycles. The lowest BCUT2D eigenvalue weighted by Crippen LogP contribution is -2.09. The van der Waals surface area contributed by atoms with E-state index in [9.17, 15) is 0 Å². The van der Waals surface area contributed by atoms with Gasteiger partial charge in [-0.25, -0.2) is 0 Å². The summed E-state index contributed by atoms with van der Waals surface area (Å²) in [4.78, 5) is 0. The topological polar surface area (TPSA) is 9.23 Å². The second-order valence-corrected chi connectivity index (χ2v) is 7.66. The van der Waals surface area contributed by atoms with Crippen LogP contribution in [0.4, 0.5) is 0 Å². The van der Waals surface area contributed by atoms with E-state index in [0.29, 0.717) is 0 Å². The fourth-order valence-corrected chi connectivity index (χ4v) is 3.93. The molecular formula is C24H32O. The van der Waals surface area contributed by atoms with Crippen molar-refractivity contribution in [2.45, 2.75) is 64.7 Å². The van der Waals surface area contributed by atoms with Crippen molar-refractivity contribution in [2.24, 2.45) is 5.92 Å². The standard InChI is InChI=1S/C24H32O/c1-20-8-7-11-23(18-20)19-22-12-14-24(15-13-22)25-17-16-21-9-5-3-2-4-6-10-21/h7-8,11-15,18,21H,2-6,9-10,16-17,19H2,1H3. The molecule has 0 atom stereocenters. The molecule has 2 aromatic carbocycles. The predicted octanol–water partition coefficient (Wildman–Crippen LogP) is 6.72. The summed E-state index contributed by atoms with van der Waals surface area (Å²) >= 11 is 0. The van der Waals surface area contributed by atoms with Gasteiger partial charge in [-0.3, -0.25) is 0 Å². The molecule has 1 heteroatoms. The van der Waals surface area contributed by atoms with Gasteiger partial charge in [0.1, 0.15) is 5.75 Å². The van der Waals surface area contributed by atoms with Crippen molar-refractivity contribution >= 4 is 0 Å². The van der Waals surface area contributed by atoms with Crippen LogP contribution in [0.1, 0.15) is 68.1 Å². The minimum atomic E-state index is 0.863. The first-order valence-electron chi connectivity index (χ1n) is 10.1. The van der Waals surface area contributed by atoms with Crippen LogP contribution in [-0.4, -0.2) is 6.61 Å². The van der Waals surface area contributed by atoms with Gasteiger partial charge in [0.05, 0.1) is 6.61 Å². The quantitative estimate of drug-likeness (QED) is 0.569. The number of hydrogen-bond donors (Lipinski definition) is 0. The Balaban J connectivity index is 1.44. The molecule has 2 aromatic rings. The molecule has 25 heavy (non-hydrogen) atoms. The van der Waals surface area contributed by atoms with Gasteiger partial charge in [0.15, 0.2) is 0 Å². The Morgan fingerprint density at radius 3 is 2.28 bits per heavy atom. The van der Waals surface area contributed by atoms with Crippen LogP contribution in [0.2, 0.25) is 0 Å². The van der Waals surface area contributed by atoms with E-state index in [0.717, 1.165) is 24.7 Å². The van der Waals surface area contributed by atoms with E-state index in [1.165, 1.54) is 68.1 Å². The molecule has 3 rings (SSSR count). The third kappa shape index (κ3) is 6.23. The first-order chi connectivity index (χ1) is 12.3. The molecule has 0 amide bonds. The van der Waals surface area contributed by atoms with Gasteiger partial charge in [0.2, 0.25) is 0 Å². The van der Waals surface area contributed by atoms with Crippen molar-refractivity contribution in [1.82, 2.24) is 0 Å². The molecule has 1 aliphatic carbocycles. The van der Waals surface area contributed by atoms with Crippen molar-refractivity contribution in [3.63, 3.8) is 0 Å². The molecule has 0 N–H and O–H groups in total. The summed E-state index contributed by atoms with van der Waals surface area (Å²) in [6.45, 7) is 3.01. The van der Waals surface area contributed by atoms with Gasteiger partial charge >= 0.3 is 0 Å². The first-order valence-corrected chi connectivity index (χ1v) is 10.1. The first kappa shape index (κ1) is 18.0. The largest absolute Gasteiger partial charge is 0.494 e. The lowest BCUT2D eigenvalue weighted by Gasteiger charge is -2.19. The highest BCUT2D eigenvalue weighted by atomic mass is 16.5. The van der Waals surface area contributed by atoms with E-state index in [2.05, 4.69) is 55.5 Å². The van der Waals surface area contributed by atoms with Crippen molar-refractivity contribution < 1.29 is 4.74 Å². The summed E-state index contributed by atoms with van der Waals surface area (Å²) in [5.41, 5.74) is 4.04. The maximum absolute atomic E-state index is 6.01. The summed E-state index contributed by atoms with van der Waals surface area (Å²) in [7, 11) is 0. The zero-order chi connectivity index (χ0) is 17.3. The smallest absolute Gasteiger partial charge is 0.119 e. The van der Waals surface area contributed by atoms with Gasteiger partial charge in [-0.1, -0.05) is 86.9 Å². The SMILES string of the molecule is Cc1cccc(Cc2ccc(OCCC3CCCCCCC3)cc2)c1. The minimum Gasteiger partial charge on any atom is -0.494 e. The summed E-state index contributed by atoms with van der Waals surface area (Å²) in [5.74, 6) is 1.89. The predicted molar refractivity (Wildman–Crippen MR) is 106 cm³/mol. The summed E-state index contributed by atoms with van der Waals surface area (Å²) in [5, 5.41) is 0. The zero-order valence-corrected chi connectivity index (χ0v) is 15.7. The lowest BCUT2D eigenvalue weighted by atomic mass is 9.89. The van der Waals surface area contributed by atoms with Gasteiger partial charge in [-0.05, 0) is 48.9 Å². The molecule has 0 unspecified atom stereocenters. The van der Waals surface area contributed by atoms with Crippen LogP contribution < -0.4 is 4.74 Å². The molecule has 134 valence electrons. The number of hydrogen-bond acceptors (Lipinski definition) is 1. The van der Waals surface area contributed by atoms with Crippen LogP contribution in [0.15, 0.2) is 48.5 Å². The van der Waals surface area contributed by atoms with E-state index < -0.39 is 0 Å². The zero-order valence-electron chi connectivity index (χ0n) is 15.7. The number of benzene rings is 2. The Bertz CT molecular complexity index is 621. The van der Waals surface area contributed by atoms with Crippen LogP contribution >= 0.6 is 0 Å². The molecule has 1 aliphatic rings. The highest BCUT2D eigenvalue weighted by Gasteiger charge is 2.11. The van der Waals surface area contributed by atoms with Crippen LogP contribution in [0.5, 0.6) is 5.75 Å². The highest BCUT2D eigenvalue weighted by molar-refractivity contribution is 5.32. The molecular weight excluding hydrogens is 304 g/mol. The number of ether oxygens (including phenoxy) is 1. The fourth-order valence-electron chi connectivity index (χ4n) is 3.93. The Kier molecular flexibility index (Phi) is 6.97. The molecule has 0 radical (unpaired) electrons. The molecule has 1 fully saturated rings. The van der Waals surface area contributed by atoms with Crippen molar-refractivity contribution in [2.75, 3.05) is 6.61 Å². The maximum atomic E-state index is 6.01. The highest BCUT2D eigenvalue weighted by Crippen LogP contribution is 2.25. The van der Waals surface area contributed by atoms with Crippen molar-refractivity contribution in [3.8, 4) is 5.75 Å². The molecule has 0 saturated heterocycles. The van der Waals surface area contributed by atoms with E-state index in [1.807, 2.05) is 0 Å². The third-order valence-corrected chi connectivity index (χ3v) is 5.43. The number of aryl methyl sites for hydroxylation is 1. The van der Waals surface area contributed by atoms with Gasteiger partial charge in [0.25, 0.3) is 0 Å².